The van der Waals surface area contributed by atoms with Gasteiger partial charge in [-0.1, -0.05) is 170 Å². The molecule has 0 N–H and O–H groups in total. The van der Waals surface area contributed by atoms with Crippen molar-refractivity contribution in [3.8, 4) is 11.1 Å². The van der Waals surface area contributed by atoms with Gasteiger partial charge in [0.25, 0.3) is 0 Å². The lowest BCUT2D eigenvalue weighted by Crippen LogP contribution is -1.88. The van der Waals surface area contributed by atoms with E-state index in [1.54, 1.807) is 0 Å². The predicted octanol–water partition coefficient (Wildman–Crippen LogP) is 11.7. The van der Waals surface area contributed by atoms with Crippen molar-refractivity contribution < 1.29 is 0 Å². The van der Waals surface area contributed by atoms with Crippen molar-refractivity contribution in [2.45, 2.75) is 28.2 Å². The molecule has 0 aliphatic heterocycles. The van der Waals surface area contributed by atoms with Gasteiger partial charge in [-0.3, -0.25) is 0 Å². The van der Waals surface area contributed by atoms with Crippen LogP contribution in [0.4, 0.5) is 0 Å². The number of hydrogen-bond acceptors (Lipinski definition) is 0. The highest BCUT2D eigenvalue weighted by Crippen LogP contribution is 2.38. The molecule has 0 saturated heterocycles. The molecule has 7 aromatic carbocycles. The lowest BCUT2D eigenvalue weighted by molar-refractivity contribution is 1.48. The highest BCUT2D eigenvalue weighted by Gasteiger charge is 2.11. The van der Waals surface area contributed by atoms with Crippen LogP contribution in [0.5, 0.6) is 0 Å². The molecule has 40 heavy (non-hydrogen) atoms. The molecule has 0 heteroatoms. The predicted molar refractivity (Wildman–Crippen MR) is 178 cm³/mol. The molecule has 0 amide bonds. The first-order valence-corrected chi connectivity index (χ1v) is 13.5. The van der Waals surface area contributed by atoms with Crippen molar-refractivity contribution in [3.05, 3.63) is 168 Å². The molecular formula is C40H38. The summed E-state index contributed by atoms with van der Waals surface area (Å²) in [5.41, 5.74) is 6.63. The summed E-state index contributed by atoms with van der Waals surface area (Å²) < 4.78 is 0. The maximum Gasteiger partial charge on any atom is -0.00266 e. The molecule has 0 aromatic heterocycles. The Morgan fingerprint density at radius 1 is 0.350 bits per heavy atom. The second-order valence-corrected chi connectivity index (χ2v) is 9.96. The zero-order chi connectivity index (χ0) is 27.0. The van der Waals surface area contributed by atoms with Crippen LogP contribution >= 0.6 is 0 Å². The van der Waals surface area contributed by atoms with Crippen LogP contribution in [0.2, 0.25) is 0 Å². The lowest BCUT2D eigenvalue weighted by atomic mass is 9.89. The van der Waals surface area contributed by atoms with E-state index in [4.69, 9.17) is 0 Å². The van der Waals surface area contributed by atoms with Gasteiger partial charge < -0.3 is 0 Å². The van der Waals surface area contributed by atoms with E-state index in [0.29, 0.717) is 0 Å². The van der Waals surface area contributed by atoms with Crippen LogP contribution in [0.3, 0.4) is 0 Å². The molecule has 0 spiro atoms. The van der Waals surface area contributed by atoms with Crippen molar-refractivity contribution in [1.82, 2.24) is 0 Å². The quantitative estimate of drug-likeness (QED) is 0.190. The van der Waals surface area contributed by atoms with Crippen LogP contribution in [0, 0.1) is 20.8 Å². The SMILES string of the molecule is C.Cc1c2ccccc2c(-c2ccccc2)c2ccccc12.Cc1ccc2ccccc2c1.Cc1ccccc1. The van der Waals surface area contributed by atoms with E-state index in [1.165, 1.54) is 60.1 Å². The van der Waals surface area contributed by atoms with Crippen LogP contribution in [0.25, 0.3) is 43.4 Å². The lowest BCUT2D eigenvalue weighted by Gasteiger charge is -2.15. The summed E-state index contributed by atoms with van der Waals surface area (Å²) in [5, 5.41) is 8.00. The van der Waals surface area contributed by atoms with Gasteiger partial charge in [-0.05, 0) is 69.8 Å². The largest absolute Gasteiger partial charge is 0.0776 e. The summed E-state index contributed by atoms with van der Waals surface area (Å²) in [4.78, 5) is 0. The van der Waals surface area contributed by atoms with Gasteiger partial charge in [0.2, 0.25) is 0 Å². The summed E-state index contributed by atoms with van der Waals surface area (Å²) in [6, 6.07) is 53.3. The first kappa shape index (κ1) is 28.3. The number of rotatable bonds is 1. The monoisotopic (exact) mass is 518 g/mol. The minimum atomic E-state index is 0. The highest BCUT2D eigenvalue weighted by atomic mass is 14.1. The van der Waals surface area contributed by atoms with Gasteiger partial charge in [0.1, 0.15) is 0 Å². The minimum Gasteiger partial charge on any atom is -0.0776 e. The summed E-state index contributed by atoms with van der Waals surface area (Å²) in [5.74, 6) is 0. The third kappa shape index (κ3) is 6.47. The van der Waals surface area contributed by atoms with E-state index >= 15 is 0 Å². The van der Waals surface area contributed by atoms with Gasteiger partial charge in [0.05, 0.1) is 0 Å². The van der Waals surface area contributed by atoms with Crippen molar-refractivity contribution in [3.63, 3.8) is 0 Å². The normalized spacial score (nSPS) is 10.2. The van der Waals surface area contributed by atoms with Crippen LogP contribution in [0.15, 0.2) is 152 Å². The van der Waals surface area contributed by atoms with Crippen LogP contribution in [0.1, 0.15) is 24.1 Å². The van der Waals surface area contributed by atoms with Gasteiger partial charge in [0.15, 0.2) is 0 Å². The Bertz CT molecular complexity index is 1760. The Morgan fingerprint density at radius 3 is 1.32 bits per heavy atom. The highest BCUT2D eigenvalue weighted by molar-refractivity contribution is 6.14. The van der Waals surface area contributed by atoms with Gasteiger partial charge in [-0.25, -0.2) is 0 Å². The van der Waals surface area contributed by atoms with Crippen molar-refractivity contribution in [2.24, 2.45) is 0 Å². The average molecular weight is 519 g/mol. The molecule has 0 unspecified atom stereocenters. The maximum atomic E-state index is 2.23. The van der Waals surface area contributed by atoms with E-state index in [2.05, 4.69) is 154 Å². The zero-order valence-electron chi connectivity index (χ0n) is 22.9. The number of hydrogen-bond donors (Lipinski definition) is 0. The summed E-state index contributed by atoms with van der Waals surface area (Å²) >= 11 is 0. The Labute approximate surface area is 239 Å². The first-order chi connectivity index (χ1) is 19.1. The molecular weight excluding hydrogens is 480 g/mol. The van der Waals surface area contributed by atoms with Gasteiger partial charge >= 0.3 is 0 Å². The van der Waals surface area contributed by atoms with E-state index < -0.39 is 0 Å². The van der Waals surface area contributed by atoms with Gasteiger partial charge in [0, 0.05) is 0 Å². The molecule has 0 radical (unpaired) electrons. The average Bonchev–Trinajstić information content (AvgIpc) is 2.99. The molecule has 7 aromatic rings. The van der Waals surface area contributed by atoms with E-state index in [1.807, 2.05) is 18.2 Å². The van der Waals surface area contributed by atoms with Crippen LogP contribution in [-0.2, 0) is 0 Å². The molecule has 7 rings (SSSR count). The maximum absolute atomic E-state index is 2.23. The Morgan fingerprint density at radius 2 is 0.800 bits per heavy atom. The Hall–Kier alpha value is -4.68. The molecule has 0 nitrogen and oxygen atoms in total. The van der Waals surface area contributed by atoms with E-state index in [0.717, 1.165) is 0 Å². The fraction of sp³-hybridized carbons (Fsp3) is 0.100. The van der Waals surface area contributed by atoms with Crippen molar-refractivity contribution in [2.75, 3.05) is 0 Å². The number of fused-ring (bicyclic) bond motifs is 3. The van der Waals surface area contributed by atoms with Crippen LogP contribution in [-0.4, -0.2) is 0 Å². The third-order valence-corrected chi connectivity index (χ3v) is 7.11. The van der Waals surface area contributed by atoms with E-state index in [-0.39, 0.29) is 7.43 Å². The molecule has 0 aliphatic rings. The van der Waals surface area contributed by atoms with Gasteiger partial charge in [-0.15, -0.1) is 0 Å². The molecule has 0 bridgehead atoms. The Kier molecular flexibility index (Phi) is 9.49. The molecule has 198 valence electrons. The number of benzene rings is 7. The van der Waals surface area contributed by atoms with E-state index in [9.17, 15) is 0 Å². The molecule has 0 atom stereocenters. The molecule has 0 fully saturated rings. The van der Waals surface area contributed by atoms with Crippen LogP contribution < -0.4 is 0 Å². The molecule has 0 heterocycles. The second-order valence-electron chi connectivity index (χ2n) is 9.96. The van der Waals surface area contributed by atoms with Crippen molar-refractivity contribution in [1.29, 1.82) is 0 Å². The van der Waals surface area contributed by atoms with Crippen molar-refractivity contribution >= 4 is 32.3 Å². The summed E-state index contributed by atoms with van der Waals surface area (Å²) in [7, 11) is 0. The van der Waals surface area contributed by atoms with Gasteiger partial charge in [-0.2, -0.15) is 0 Å². The third-order valence-electron chi connectivity index (χ3n) is 7.11. The standard InChI is InChI=1S/C21H16.C11H10.C7H8.CH4/c1-15-17-11-5-7-13-19(17)21(16-9-3-2-4-10-16)20-14-8-6-12-18(15)20;1-9-6-7-10-4-2-3-5-11(10)8-9;1-7-5-3-2-4-6-7;/h2-14H,1H3;2-8H,1H3;2-6H,1H3;1H4. The number of aryl methyl sites for hydroxylation is 3. The smallest absolute Gasteiger partial charge is 0.00266 e. The first-order valence-electron chi connectivity index (χ1n) is 13.5. The fourth-order valence-corrected chi connectivity index (χ4v) is 5.11. The summed E-state index contributed by atoms with van der Waals surface area (Å²) in [6.07, 6.45) is 0. The summed E-state index contributed by atoms with van der Waals surface area (Å²) in [6.45, 7) is 6.42. The Balaban J connectivity index is 0.000000162. The second kappa shape index (κ2) is 13.4. The molecule has 0 saturated carbocycles. The topological polar surface area (TPSA) is 0 Å². The zero-order valence-corrected chi connectivity index (χ0v) is 22.9. The minimum absolute atomic E-state index is 0. The fourth-order valence-electron chi connectivity index (χ4n) is 5.11. The molecule has 0 aliphatic carbocycles.